The Labute approximate surface area is 220 Å². The van der Waals surface area contributed by atoms with E-state index in [4.69, 9.17) is 0 Å². The van der Waals surface area contributed by atoms with Crippen LogP contribution in [0.1, 0.15) is 17.5 Å². The molecule has 1 atom stereocenters. The summed E-state index contributed by atoms with van der Waals surface area (Å²) in [6.45, 7) is 0. The van der Waals surface area contributed by atoms with Gasteiger partial charge in [-0.2, -0.15) is 18.3 Å². The van der Waals surface area contributed by atoms with Gasteiger partial charge in [0, 0.05) is 18.3 Å². The molecule has 0 aliphatic carbocycles. The van der Waals surface area contributed by atoms with Crippen LogP contribution in [0.15, 0.2) is 95.1 Å². The van der Waals surface area contributed by atoms with E-state index in [1.165, 1.54) is 47.5 Å². The van der Waals surface area contributed by atoms with Crippen molar-refractivity contribution in [1.82, 2.24) is 0 Å². The van der Waals surface area contributed by atoms with Crippen LogP contribution in [0.3, 0.4) is 0 Å². The van der Waals surface area contributed by atoms with Crippen LogP contribution in [0.4, 0.5) is 24.5 Å². The molecular weight excluding hydrogens is 517 g/mol. The molecule has 1 fully saturated rings. The van der Waals surface area contributed by atoms with Crippen molar-refractivity contribution >= 4 is 52.4 Å². The molecule has 0 spiro atoms. The van der Waals surface area contributed by atoms with Crippen LogP contribution in [0, 0.1) is 0 Å². The monoisotopic (exact) mass is 538 g/mol. The van der Waals surface area contributed by atoms with Crippen molar-refractivity contribution in [3.05, 3.63) is 96.1 Å². The summed E-state index contributed by atoms with van der Waals surface area (Å²) in [5.74, 6) is -1.07. The van der Waals surface area contributed by atoms with Gasteiger partial charge in [0.05, 0.1) is 11.3 Å². The Balaban J connectivity index is 1.50. The lowest BCUT2D eigenvalue weighted by Crippen LogP contribution is -2.33. The van der Waals surface area contributed by atoms with Gasteiger partial charge in [-0.25, -0.2) is 0 Å². The van der Waals surface area contributed by atoms with Crippen molar-refractivity contribution in [3.8, 4) is 5.75 Å². The molecule has 0 radical (unpaired) electrons. The Morgan fingerprint density at radius 1 is 1.05 bits per heavy atom. The molecule has 0 saturated carbocycles. The molecule has 1 saturated heterocycles. The third kappa shape index (κ3) is 6.88. The molecule has 3 aromatic carbocycles. The maximum absolute atomic E-state index is 13.2. The highest BCUT2D eigenvalue weighted by atomic mass is 32.2. The zero-order chi connectivity index (χ0) is 27.1. The summed E-state index contributed by atoms with van der Waals surface area (Å²) < 4.78 is 38.9. The molecule has 3 aromatic rings. The van der Waals surface area contributed by atoms with E-state index in [0.717, 1.165) is 29.5 Å². The number of halogens is 3. The first kappa shape index (κ1) is 26.7. The number of carbonyl (C=O) groups is 2. The Bertz CT molecular complexity index is 1390. The average molecular weight is 539 g/mol. The Kier molecular flexibility index (Phi) is 8.27. The maximum Gasteiger partial charge on any atom is 0.416 e. The molecule has 1 aliphatic rings. The van der Waals surface area contributed by atoms with E-state index in [1.807, 2.05) is 36.4 Å². The molecule has 2 amide bonds. The van der Waals surface area contributed by atoms with E-state index in [9.17, 15) is 27.9 Å². The third-order valence-electron chi connectivity index (χ3n) is 5.27. The van der Waals surface area contributed by atoms with Crippen molar-refractivity contribution in [3.63, 3.8) is 0 Å². The number of aromatic hydroxyl groups is 1. The molecule has 194 valence electrons. The number of amidine groups is 1. The van der Waals surface area contributed by atoms with Crippen LogP contribution in [0.25, 0.3) is 6.08 Å². The lowest BCUT2D eigenvalue weighted by atomic mass is 10.2. The lowest BCUT2D eigenvalue weighted by Gasteiger charge is -2.16. The zero-order valence-electron chi connectivity index (χ0n) is 19.7. The zero-order valence-corrected chi connectivity index (χ0v) is 20.5. The second-order valence-corrected chi connectivity index (χ2v) is 9.21. The van der Waals surface area contributed by atoms with Gasteiger partial charge >= 0.3 is 6.18 Å². The van der Waals surface area contributed by atoms with Crippen molar-refractivity contribution in [2.24, 2.45) is 10.2 Å². The minimum Gasteiger partial charge on any atom is -0.508 e. The van der Waals surface area contributed by atoms with Gasteiger partial charge in [0.25, 0.3) is 0 Å². The number of nitrogens with one attached hydrogen (secondary N) is 1. The standard InChI is InChI=1S/C27H21F3N4O3S/c28-27(29,30)19-9-4-10-20(16-19)32-24(36)17-23-25(37)34(21-11-13-22(35)14-12-21)26(38-23)33-31-15-5-8-18-6-2-1-3-7-18/h1-16,23,35H,17H2,(H,32,36). The number of rotatable bonds is 7. The molecule has 0 bridgehead atoms. The first-order valence-electron chi connectivity index (χ1n) is 11.3. The minimum absolute atomic E-state index is 0.00706. The predicted octanol–water partition coefficient (Wildman–Crippen LogP) is 5.94. The fourth-order valence-corrected chi connectivity index (χ4v) is 4.59. The number of allylic oxidation sites excluding steroid dienone is 1. The summed E-state index contributed by atoms with van der Waals surface area (Å²) in [5, 5.41) is 19.5. The molecule has 4 rings (SSSR count). The van der Waals surface area contributed by atoms with Gasteiger partial charge < -0.3 is 10.4 Å². The summed E-state index contributed by atoms with van der Waals surface area (Å²) in [6, 6.07) is 19.7. The second-order valence-electron chi connectivity index (χ2n) is 8.04. The SMILES string of the molecule is O=C(CC1SC(=NN=CC=Cc2ccccc2)N(c2ccc(O)cc2)C1=O)Nc1cccc(C(F)(F)F)c1. The number of hydrogen-bond donors (Lipinski definition) is 2. The van der Waals surface area contributed by atoms with Crippen molar-refractivity contribution in [1.29, 1.82) is 0 Å². The summed E-state index contributed by atoms with van der Waals surface area (Å²) in [4.78, 5) is 27.1. The summed E-state index contributed by atoms with van der Waals surface area (Å²) >= 11 is 1.01. The van der Waals surface area contributed by atoms with Gasteiger partial charge in [-0.1, -0.05) is 54.2 Å². The van der Waals surface area contributed by atoms with E-state index in [1.54, 1.807) is 6.08 Å². The van der Waals surface area contributed by atoms with Gasteiger partial charge in [-0.3, -0.25) is 14.5 Å². The Morgan fingerprint density at radius 3 is 2.50 bits per heavy atom. The van der Waals surface area contributed by atoms with E-state index in [0.29, 0.717) is 5.69 Å². The fourth-order valence-electron chi connectivity index (χ4n) is 3.50. The van der Waals surface area contributed by atoms with Crippen LogP contribution in [0.5, 0.6) is 5.75 Å². The number of hydrogen-bond acceptors (Lipinski definition) is 6. The Hall–Kier alpha value is -4.38. The fraction of sp³-hybridized carbons (Fsp3) is 0.111. The molecule has 0 aromatic heterocycles. The number of carbonyl (C=O) groups excluding carboxylic acids is 2. The molecule has 1 aliphatic heterocycles. The number of phenolic OH excluding ortho intramolecular Hbond substituents is 1. The van der Waals surface area contributed by atoms with Crippen LogP contribution < -0.4 is 10.2 Å². The number of anilines is 2. The largest absolute Gasteiger partial charge is 0.508 e. The van der Waals surface area contributed by atoms with Crippen LogP contribution >= 0.6 is 11.8 Å². The van der Waals surface area contributed by atoms with Crippen LogP contribution in [-0.2, 0) is 15.8 Å². The number of amides is 2. The molecule has 38 heavy (non-hydrogen) atoms. The highest BCUT2D eigenvalue weighted by molar-refractivity contribution is 8.16. The number of phenols is 1. The van der Waals surface area contributed by atoms with E-state index in [-0.39, 0.29) is 23.0 Å². The van der Waals surface area contributed by atoms with Crippen molar-refractivity contribution in [2.75, 3.05) is 10.2 Å². The number of thioether (sulfide) groups is 1. The van der Waals surface area contributed by atoms with Gasteiger partial charge in [0.2, 0.25) is 11.8 Å². The summed E-state index contributed by atoms with van der Waals surface area (Å²) in [7, 11) is 0. The number of benzene rings is 3. The molecule has 11 heteroatoms. The minimum atomic E-state index is -4.55. The van der Waals surface area contributed by atoms with Crippen LogP contribution in [0.2, 0.25) is 0 Å². The average Bonchev–Trinajstić information content (AvgIpc) is 3.19. The molecule has 7 nitrogen and oxygen atoms in total. The third-order valence-corrected chi connectivity index (χ3v) is 6.40. The second kappa shape index (κ2) is 11.8. The summed E-state index contributed by atoms with van der Waals surface area (Å²) in [6.07, 6.45) is 0.116. The molecule has 2 N–H and O–H groups in total. The Morgan fingerprint density at radius 2 is 1.79 bits per heavy atom. The normalized spacial score (nSPS) is 17.1. The smallest absolute Gasteiger partial charge is 0.416 e. The summed E-state index contributed by atoms with van der Waals surface area (Å²) in [5.41, 5.74) is 0.456. The van der Waals surface area contributed by atoms with Crippen molar-refractivity contribution < 1.29 is 27.9 Å². The quantitative estimate of drug-likeness (QED) is 0.287. The van der Waals surface area contributed by atoms with Crippen molar-refractivity contribution in [2.45, 2.75) is 17.8 Å². The maximum atomic E-state index is 13.2. The van der Waals surface area contributed by atoms with E-state index < -0.39 is 28.8 Å². The first-order valence-corrected chi connectivity index (χ1v) is 12.2. The molecular formula is C27H21F3N4O3S. The predicted molar refractivity (Wildman–Crippen MR) is 143 cm³/mol. The highest BCUT2D eigenvalue weighted by Gasteiger charge is 2.40. The lowest BCUT2D eigenvalue weighted by molar-refractivity contribution is -0.137. The van der Waals surface area contributed by atoms with E-state index in [2.05, 4.69) is 15.5 Å². The highest BCUT2D eigenvalue weighted by Crippen LogP contribution is 2.35. The van der Waals surface area contributed by atoms with E-state index >= 15 is 0 Å². The van der Waals surface area contributed by atoms with Gasteiger partial charge in [-0.05, 0) is 54.1 Å². The van der Waals surface area contributed by atoms with Gasteiger partial charge in [0.15, 0.2) is 5.17 Å². The number of nitrogens with zero attached hydrogens (tertiary/aromatic N) is 3. The van der Waals surface area contributed by atoms with Gasteiger partial charge in [-0.15, -0.1) is 5.10 Å². The first-order chi connectivity index (χ1) is 18.2. The number of alkyl halides is 3. The molecule has 1 heterocycles. The topological polar surface area (TPSA) is 94.4 Å². The van der Waals surface area contributed by atoms with Crippen LogP contribution in [-0.4, -0.2) is 33.6 Å². The van der Waals surface area contributed by atoms with Gasteiger partial charge in [0.1, 0.15) is 11.0 Å². The molecule has 1 unspecified atom stereocenters.